The zero-order valence-corrected chi connectivity index (χ0v) is 12.5. The van der Waals surface area contributed by atoms with E-state index in [-0.39, 0.29) is 0 Å². The summed E-state index contributed by atoms with van der Waals surface area (Å²) in [5.74, 6) is 0. The molecule has 1 aromatic carbocycles. The van der Waals surface area contributed by atoms with E-state index in [9.17, 15) is 0 Å². The van der Waals surface area contributed by atoms with E-state index < -0.39 is 0 Å². The van der Waals surface area contributed by atoms with Crippen molar-refractivity contribution in [1.29, 1.82) is 0 Å². The van der Waals surface area contributed by atoms with E-state index in [2.05, 4.69) is 35.1 Å². The number of nitrogens with one attached hydrogen (secondary N) is 1. The predicted molar refractivity (Wildman–Crippen MR) is 75.8 cm³/mol. The van der Waals surface area contributed by atoms with Crippen LogP contribution in [0.3, 0.4) is 0 Å². The molecule has 2 unspecified atom stereocenters. The summed E-state index contributed by atoms with van der Waals surface area (Å²) in [5.41, 5.74) is 1.04. The van der Waals surface area contributed by atoms with Crippen molar-refractivity contribution in [3.05, 3.63) is 33.8 Å². The van der Waals surface area contributed by atoms with Crippen LogP contribution in [0.5, 0.6) is 0 Å². The lowest BCUT2D eigenvalue weighted by Gasteiger charge is -2.15. The van der Waals surface area contributed by atoms with Gasteiger partial charge in [0.1, 0.15) is 0 Å². The summed E-state index contributed by atoms with van der Waals surface area (Å²) in [5, 5.41) is 4.69. The van der Waals surface area contributed by atoms with Gasteiger partial charge in [0.15, 0.2) is 0 Å². The molecule has 0 bridgehead atoms. The van der Waals surface area contributed by atoms with Crippen molar-refractivity contribution in [2.45, 2.75) is 37.7 Å². The largest absolute Gasteiger partial charge is 0.310 e. The third-order valence-electron chi connectivity index (χ3n) is 2.35. The van der Waals surface area contributed by atoms with Crippen molar-refractivity contribution < 1.29 is 0 Å². The Hall–Kier alpha value is 0.240. The number of rotatable bonds is 5. The number of alkyl halides is 1. The van der Waals surface area contributed by atoms with Gasteiger partial charge in [0.25, 0.3) is 0 Å². The van der Waals surface area contributed by atoms with Crippen molar-refractivity contribution in [2.75, 3.05) is 0 Å². The van der Waals surface area contributed by atoms with E-state index in [1.807, 2.05) is 12.1 Å². The normalized spacial score (nSPS) is 14.8. The second-order valence-corrected chi connectivity index (χ2v) is 6.36. The van der Waals surface area contributed by atoms with Crippen LogP contribution >= 0.6 is 39.1 Å². The molecule has 0 fully saturated rings. The molecule has 0 aliphatic carbocycles. The molecule has 0 aromatic heterocycles. The molecule has 16 heavy (non-hydrogen) atoms. The second kappa shape index (κ2) is 6.85. The highest BCUT2D eigenvalue weighted by molar-refractivity contribution is 9.09. The molecule has 1 N–H and O–H groups in total. The lowest BCUT2D eigenvalue weighted by molar-refractivity contribution is 0.516. The van der Waals surface area contributed by atoms with Gasteiger partial charge in [-0.15, -0.1) is 0 Å². The van der Waals surface area contributed by atoms with Crippen LogP contribution in [-0.4, -0.2) is 10.9 Å². The van der Waals surface area contributed by atoms with Crippen LogP contribution in [0, 0.1) is 0 Å². The van der Waals surface area contributed by atoms with Gasteiger partial charge in [0.2, 0.25) is 0 Å². The lowest BCUT2D eigenvalue weighted by Crippen LogP contribution is -2.27. The third kappa shape index (κ3) is 4.62. The summed E-state index contributed by atoms with van der Waals surface area (Å²) in [6.45, 7) is 5.06. The maximum absolute atomic E-state index is 6.10. The molecular formula is C12H16BrCl2N. The summed E-state index contributed by atoms with van der Waals surface area (Å²) < 4.78 is 0. The van der Waals surface area contributed by atoms with Crippen molar-refractivity contribution in [2.24, 2.45) is 0 Å². The molecule has 0 aliphatic rings. The van der Waals surface area contributed by atoms with Gasteiger partial charge in [-0.25, -0.2) is 0 Å². The van der Waals surface area contributed by atoms with E-state index in [4.69, 9.17) is 23.2 Å². The monoisotopic (exact) mass is 323 g/mol. The molecule has 0 radical (unpaired) electrons. The number of hydrogen-bond acceptors (Lipinski definition) is 1. The first-order chi connectivity index (χ1) is 7.50. The summed E-state index contributed by atoms with van der Waals surface area (Å²) in [6.07, 6.45) is 1.08. The van der Waals surface area contributed by atoms with Crippen LogP contribution in [0.1, 0.15) is 25.8 Å². The Morgan fingerprint density at radius 3 is 2.62 bits per heavy atom. The highest BCUT2D eigenvalue weighted by Crippen LogP contribution is 2.25. The van der Waals surface area contributed by atoms with E-state index >= 15 is 0 Å². The van der Waals surface area contributed by atoms with Gasteiger partial charge in [-0.3, -0.25) is 0 Å². The molecule has 0 saturated heterocycles. The summed E-state index contributed by atoms with van der Waals surface area (Å²) in [4.78, 5) is 0.518. The van der Waals surface area contributed by atoms with Gasteiger partial charge in [0.05, 0.1) is 10.0 Å². The average molecular weight is 325 g/mol. The fourth-order valence-corrected chi connectivity index (χ4v) is 2.49. The topological polar surface area (TPSA) is 12.0 Å². The molecule has 2 atom stereocenters. The zero-order valence-electron chi connectivity index (χ0n) is 9.43. The SMILES string of the molecule is CC(Br)CC(C)NCc1cccc(Cl)c1Cl. The predicted octanol–water partition coefficient (Wildman–Crippen LogP) is 4.65. The van der Waals surface area contributed by atoms with Crippen LogP contribution in [0.25, 0.3) is 0 Å². The van der Waals surface area contributed by atoms with Crippen molar-refractivity contribution in [3.63, 3.8) is 0 Å². The Kier molecular flexibility index (Phi) is 6.12. The first-order valence-corrected chi connectivity index (χ1v) is 6.98. The van der Waals surface area contributed by atoms with E-state index in [0.717, 1.165) is 18.5 Å². The number of hydrogen-bond donors (Lipinski definition) is 1. The van der Waals surface area contributed by atoms with Gasteiger partial charge in [-0.2, -0.15) is 0 Å². The number of halogens is 3. The summed E-state index contributed by atoms with van der Waals surface area (Å²) in [6, 6.07) is 6.16. The molecule has 0 spiro atoms. The fraction of sp³-hybridized carbons (Fsp3) is 0.500. The zero-order chi connectivity index (χ0) is 12.1. The molecule has 0 amide bonds. The Balaban J connectivity index is 2.51. The van der Waals surface area contributed by atoms with Gasteiger partial charge in [-0.1, -0.05) is 58.2 Å². The van der Waals surface area contributed by atoms with E-state index in [0.29, 0.717) is 20.9 Å². The maximum atomic E-state index is 6.10. The minimum absolute atomic E-state index is 0.449. The van der Waals surface area contributed by atoms with Gasteiger partial charge in [0, 0.05) is 17.4 Å². The molecule has 1 aromatic rings. The Labute approximate surface area is 116 Å². The fourth-order valence-electron chi connectivity index (χ4n) is 1.54. The highest BCUT2D eigenvalue weighted by Gasteiger charge is 2.08. The van der Waals surface area contributed by atoms with Crippen LogP contribution in [0.15, 0.2) is 18.2 Å². The van der Waals surface area contributed by atoms with Crippen LogP contribution < -0.4 is 5.32 Å². The van der Waals surface area contributed by atoms with E-state index in [1.165, 1.54) is 0 Å². The Bertz CT molecular complexity index is 342. The molecule has 1 nitrogen and oxygen atoms in total. The van der Waals surface area contributed by atoms with Gasteiger partial charge < -0.3 is 5.32 Å². The summed E-state index contributed by atoms with van der Waals surface area (Å²) >= 11 is 15.6. The molecule has 1 rings (SSSR count). The van der Waals surface area contributed by atoms with Crippen molar-refractivity contribution in [3.8, 4) is 0 Å². The standard InChI is InChI=1S/C12H16BrCl2N/c1-8(13)6-9(2)16-7-10-4-3-5-11(14)12(10)15/h3-5,8-9,16H,6-7H2,1-2H3. The molecule has 0 heterocycles. The first kappa shape index (κ1) is 14.3. The minimum Gasteiger partial charge on any atom is -0.310 e. The first-order valence-electron chi connectivity index (χ1n) is 5.31. The van der Waals surface area contributed by atoms with Crippen LogP contribution in [-0.2, 0) is 6.54 Å². The average Bonchev–Trinajstić information content (AvgIpc) is 2.19. The Morgan fingerprint density at radius 1 is 1.31 bits per heavy atom. The molecule has 4 heteroatoms. The van der Waals surface area contributed by atoms with Gasteiger partial charge in [-0.05, 0) is 25.0 Å². The quantitative estimate of drug-likeness (QED) is 0.778. The molecule has 0 saturated carbocycles. The van der Waals surface area contributed by atoms with Crippen LogP contribution in [0.2, 0.25) is 10.0 Å². The maximum Gasteiger partial charge on any atom is 0.0637 e. The van der Waals surface area contributed by atoms with Crippen molar-refractivity contribution >= 4 is 39.1 Å². The number of benzene rings is 1. The molecule has 0 aliphatic heterocycles. The molecule has 90 valence electrons. The van der Waals surface area contributed by atoms with Crippen molar-refractivity contribution in [1.82, 2.24) is 5.32 Å². The van der Waals surface area contributed by atoms with Gasteiger partial charge >= 0.3 is 0 Å². The third-order valence-corrected chi connectivity index (χ3v) is 3.58. The molecular weight excluding hydrogens is 309 g/mol. The lowest BCUT2D eigenvalue weighted by atomic mass is 10.1. The second-order valence-electron chi connectivity index (χ2n) is 4.01. The van der Waals surface area contributed by atoms with E-state index in [1.54, 1.807) is 6.07 Å². The summed E-state index contributed by atoms with van der Waals surface area (Å²) in [7, 11) is 0. The van der Waals surface area contributed by atoms with Crippen LogP contribution in [0.4, 0.5) is 0 Å². The smallest absolute Gasteiger partial charge is 0.0637 e. The minimum atomic E-state index is 0.449. The highest BCUT2D eigenvalue weighted by atomic mass is 79.9. The Morgan fingerprint density at radius 2 is 2.00 bits per heavy atom.